The van der Waals surface area contributed by atoms with Crippen LogP contribution in [0.3, 0.4) is 0 Å². The Bertz CT molecular complexity index is 2100. The van der Waals surface area contributed by atoms with Crippen LogP contribution in [0.4, 0.5) is 15.3 Å². The van der Waals surface area contributed by atoms with Gasteiger partial charge in [-0.1, -0.05) is 60.5 Å². The molecule has 0 saturated heterocycles. The number of aliphatic hydroxyl groups is 2. The quantitative estimate of drug-likeness (QED) is 0.0598. The van der Waals surface area contributed by atoms with Crippen LogP contribution in [0.2, 0.25) is 0 Å². The topological polar surface area (TPSA) is 167 Å². The van der Waals surface area contributed by atoms with Crippen LogP contribution in [-0.2, 0) is 20.9 Å². The minimum Gasteiger partial charge on any atom is -0.497 e. The molecule has 340 valence electrons. The number of ether oxygens (including phenoxy) is 6. The Kier molecular flexibility index (Phi) is 15.8. The van der Waals surface area contributed by atoms with Crippen LogP contribution >= 0.6 is 0 Å². The van der Waals surface area contributed by atoms with Crippen molar-refractivity contribution in [3.05, 3.63) is 102 Å². The molecule has 0 radical (unpaired) electrons. The molecule has 1 heterocycles. The van der Waals surface area contributed by atoms with E-state index in [-0.39, 0.29) is 56.4 Å². The predicted octanol–water partition coefficient (Wildman–Crippen LogP) is 9.02. The molecule has 63 heavy (non-hydrogen) atoms. The average molecular weight is 870 g/mol. The number of methoxy groups -OCH3 is 2. The van der Waals surface area contributed by atoms with Crippen molar-refractivity contribution in [1.29, 1.82) is 0 Å². The van der Waals surface area contributed by atoms with Gasteiger partial charge in [0, 0.05) is 44.2 Å². The SMILES string of the molecule is C=CCO[C@@]12Oc3ccc(OC(=O)Nc4ccc(OC)cc4OC)cc3[C@H]3[C@H](CCCCO)[C@@H](CCCCO)C=C(C(=NOC(C)(C)C)C[C@@H]1N(C)C(=O)OCc1ccccc1)[C@H]32. The van der Waals surface area contributed by atoms with E-state index in [9.17, 15) is 19.8 Å². The Labute approximate surface area is 370 Å². The van der Waals surface area contributed by atoms with Crippen LogP contribution < -0.4 is 24.3 Å². The monoisotopic (exact) mass is 869 g/mol. The molecule has 3 aliphatic rings. The van der Waals surface area contributed by atoms with Crippen molar-refractivity contribution < 1.29 is 53.1 Å². The number of unbranched alkanes of at least 4 members (excludes halogenated alkanes) is 2. The molecule has 2 aliphatic carbocycles. The molecule has 2 amide bonds. The van der Waals surface area contributed by atoms with Crippen molar-refractivity contribution in [2.75, 3.05) is 46.4 Å². The van der Waals surface area contributed by atoms with Crippen LogP contribution in [0, 0.1) is 17.8 Å². The van der Waals surface area contributed by atoms with E-state index < -0.39 is 35.5 Å². The summed E-state index contributed by atoms with van der Waals surface area (Å²) in [7, 11) is 4.74. The third kappa shape index (κ3) is 11.0. The number of fused-ring (bicyclic) bond motifs is 2. The Morgan fingerprint density at radius 1 is 0.968 bits per heavy atom. The number of aliphatic hydroxyl groups excluding tert-OH is 2. The average Bonchev–Trinajstić information content (AvgIpc) is 3.27. The standard InChI is InChI=1S/C49H63N3O11/c1-8-26-60-49-43(52(5)47(56)59-31-32-16-10-9-11-17-32)30-40(51-63-48(2,3)4)37-27-33(18-12-14-24-53)36(19-13-15-25-54)44(45(37)49)38-28-35(21-23-41(38)62-49)61-46(55)50-39-22-20-34(57-6)29-42(39)58-7/h8-11,16-17,20-23,27-29,33,36,43-45,53-54H,1,12-15,18-19,24-26,30-31H2,2-7H3,(H,50,55)/t33-,36+,43-,44+,45+,49+/m0/s1. The van der Waals surface area contributed by atoms with E-state index in [2.05, 4.69) is 18.0 Å². The summed E-state index contributed by atoms with van der Waals surface area (Å²) in [6, 6.07) is 19.0. The fourth-order valence-electron chi connectivity index (χ4n) is 9.08. The molecule has 3 N–H and O–H groups in total. The number of carbonyl (C=O) groups is 2. The normalized spacial score (nSPS) is 23.0. The Morgan fingerprint density at radius 2 is 1.70 bits per heavy atom. The summed E-state index contributed by atoms with van der Waals surface area (Å²) in [5.41, 5.74) is 2.94. The fraction of sp³-hybridized carbons (Fsp3) is 0.490. The lowest BCUT2D eigenvalue weighted by molar-refractivity contribution is -0.253. The third-order valence-electron chi connectivity index (χ3n) is 11.9. The fourth-order valence-corrected chi connectivity index (χ4v) is 9.08. The molecule has 0 unspecified atom stereocenters. The van der Waals surface area contributed by atoms with E-state index in [1.54, 1.807) is 55.5 Å². The van der Waals surface area contributed by atoms with Gasteiger partial charge < -0.3 is 48.4 Å². The minimum atomic E-state index is -1.48. The van der Waals surface area contributed by atoms with Gasteiger partial charge in [0.15, 0.2) is 0 Å². The Morgan fingerprint density at radius 3 is 2.38 bits per heavy atom. The number of rotatable bonds is 19. The number of nitrogens with zero attached hydrogens (tertiary/aromatic N) is 2. The molecule has 6 rings (SSSR count). The number of oxime groups is 1. The van der Waals surface area contributed by atoms with Gasteiger partial charge in [0.1, 0.15) is 41.2 Å². The lowest BCUT2D eigenvalue weighted by Gasteiger charge is -2.59. The summed E-state index contributed by atoms with van der Waals surface area (Å²) in [5.74, 6) is -0.644. The second kappa shape index (κ2) is 21.2. The van der Waals surface area contributed by atoms with Gasteiger partial charge in [0.2, 0.25) is 5.79 Å². The maximum absolute atomic E-state index is 14.2. The van der Waals surface area contributed by atoms with Crippen molar-refractivity contribution in [2.24, 2.45) is 22.9 Å². The van der Waals surface area contributed by atoms with Gasteiger partial charge in [-0.3, -0.25) is 5.32 Å². The summed E-state index contributed by atoms with van der Waals surface area (Å²) in [5, 5.41) is 27.4. The van der Waals surface area contributed by atoms with Gasteiger partial charge in [-0.2, -0.15) is 0 Å². The molecule has 6 atom stereocenters. The Hall–Kier alpha value is -5.57. The first kappa shape index (κ1) is 46.9. The van der Waals surface area contributed by atoms with Gasteiger partial charge >= 0.3 is 12.2 Å². The molecule has 3 aromatic rings. The molecular formula is C49H63N3O11. The first-order valence-corrected chi connectivity index (χ1v) is 21.8. The van der Waals surface area contributed by atoms with Crippen LogP contribution in [-0.4, -0.2) is 91.5 Å². The number of benzene rings is 3. The molecule has 1 saturated carbocycles. The summed E-state index contributed by atoms with van der Waals surface area (Å²) in [6.45, 7) is 10.1. The number of allylic oxidation sites excluding steroid dienone is 1. The van der Waals surface area contributed by atoms with Crippen molar-refractivity contribution in [1.82, 2.24) is 4.90 Å². The predicted molar refractivity (Wildman–Crippen MR) is 239 cm³/mol. The second-order valence-electron chi connectivity index (χ2n) is 17.2. The van der Waals surface area contributed by atoms with Crippen molar-refractivity contribution >= 4 is 23.6 Å². The largest absolute Gasteiger partial charge is 0.497 e. The number of hydrogen-bond acceptors (Lipinski definition) is 12. The lowest BCUT2D eigenvalue weighted by atomic mass is 9.55. The number of carbonyl (C=O) groups excluding carboxylic acids is 2. The van der Waals surface area contributed by atoms with Gasteiger partial charge in [-0.05, 0) is 99.8 Å². The minimum absolute atomic E-state index is 0.00918. The Balaban J connectivity index is 1.49. The first-order valence-electron chi connectivity index (χ1n) is 21.8. The van der Waals surface area contributed by atoms with E-state index in [1.807, 2.05) is 57.2 Å². The number of amides is 2. The summed E-state index contributed by atoms with van der Waals surface area (Å²) >= 11 is 0. The van der Waals surface area contributed by atoms with E-state index >= 15 is 0 Å². The molecule has 0 bridgehead atoms. The van der Waals surface area contributed by atoms with E-state index in [0.717, 1.165) is 42.4 Å². The summed E-state index contributed by atoms with van der Waals surface area (Å²) < 4.78 is 36.9. The molecule has 0 aromatic heterocycles. The number of hydrogen-bond donors (Lipinski definition) is 3. The van der Waals surface area contributed by atoms with Crippen molar-refractivity contribution in [3.8, 4) is 23.0 Å². The highest BCUT2D eigenvalue weighted by atomic mass is 16.7. The zero-order valence-electron chi connectivity index (χ0n) is 37.3. The highest BCUT2D eigenvalue weighted by Gasteiger charge is 2.65. The van der Waals surface area contributed by atoms with Gasteiger partial charge in [0.05, 0.1) is 38.1 Å². The maximum atomic E-state index is 14.2. The number of anilines is 1. The van der Waals surface area contributed by atoms with Gasteiger partial charge in [0.25, 0.3) is 0 Å². The number of likely N-dealkylation sites (N-methyl/N-ethyl adjacent to an activating group) is 1. The summed E-state index contributed by atoms with van der Waals surface area (Å²) in [6.07, 6.45) is 7.13. The highest BCUT2D eigenvalue weighted by Crippen LogP contribution is 2.62. The van der Waals surface area contributed by atoms with E-state index in [0.29, 0.717) is 41.5 Å². The van der Waals surface area contributed by atoms with E-state index in [1.165, 1.54) is 7.11 Å². The van der Waals surface area contributed by atoms with Crippen molar-refractivity contribution in [3.63, 3.8) is 0 Å². The molecule has 14 nitrogen and oxygen atoms in total. The van der Waals surface area contributed by atoms with Crippen LogP contribution in [0.1, 0.15) is 82.8 Å². The van der Waals surface area contributed by atoms with Crippen LogP contribution in [0.15, 0.2) is 96.2 Å². The second-order valence-corrected chi connectivity index (χ2v) is 17.2. The first-order chi connectivity index (χ1) is 30.4. The smallest absolute Gasteiger partial charge is 0.417 e. The lowest BCUT2D eigenvalue weighted by Crippen LogP contribution is -2.69. The maximum Gasteiger partial charge on any atom is 0.417 e. The zero-order chi connectivity index (χ0) is 45.1. The molecule has 1 aliphatic heterocycles. The third-order valence-corrected chi connectivity index (χ3v) is 11.9. The van der Waals surface area contributed by atoms with Crippen LogP contribution in [0.5, 0.6) is 23.0 Å². The molecular weight excluding hydrogens is 807 g/mol. The van der Waals surface area contributed by atoms with Crippen molar-refractivity contribution in [2.45, 2.75) is 95.7 Å². The molecule has 1 fully saturated rings. The highest BCUT2D eigenvalue weighted by molar-refractivity contribution is 6.03. The number of nitrogens with one attached hydrogen (secondary N) is 1. The van der Waals surface area contributed by atoms with E-state index in [4.69, 9.17) is 38.4 Å². The van der Waals surface area contributed by atoms with Crippen LogP contribution in [0.25, 0.3) is 0 Å². The van der Waals surface area contributed by atoms with Gasteiger partial charge in [-0.25, -0.2) is 9.59 Å². The molecule has 0 spiro atoms. The zero-order valence-corrected chi connectivity index (χ0v) is 37.3. The summed E-state index contributed by atoms with van der Waals surface area (Å²) in [4.78, 5) is 35.4. The molecule has 3 aromatic carbocycles. The van der Waals surface area contributed by atoms with Gasteiger partial charge in [-0.15, -0.1) is 6.58 Å². The molecule has 14 heteroatoms.